The van der Waals surface area contributed by atoms with E-state index in [0.29, 0.717) is 0 Å². The molecule has 136 valence electrons. The molecule has 0 saturated carbocycles. The molecule has 0 spiro atoms. The Morgan fingerprint density at radius 3 is 1.44 bits per heavy atom. The monoisotopic (exact) mass is 366 g/mol. The molecule has 0 atom stereocenters. The van der Waals surface area contributed by atoms with Gasteiger partial charge in [0.15, 0.2) is 0 Å². The van der Waals surface area contributed by atoms with Gasteiger partial charge in [0.1, 0.15) is 28.7 Å². The number of aromatic hydroxyl groups is 3. The molecule has 0 radical (unpaired) electrons. The largest absolute Gasteiger partial charge is 0.508 e. The summed E-state index contributed by atoms with van der Waals surface area (Å²) in [5.41, 5.74) is -0.295. The highest BCUT2D eigenvalue weighted by Crippen LogP contribution is 2.23. The van der Waals surface area contributed by atoms with Gasteiger partial charge in [0.25, 0.3) is 0 Å². The van der Waals surface area contributed by atoms with Gasteiger partial charge < -0.3 is 24.8 Å². The number of carbonyl (C=O) groups excluding carboxylic acids is 2. The molecule has 0 amide bonds. The van der Waals surface area contributed by atoms with Gasteiger partial charge >= 0.3 is 11.9 Å². The van der Waals surface area contributed by atoms with E-state index < -0.39 is 11.9 Å². The first-order valence-corrected chi connectivity index (χ1v) is 7.78. The molecule has 0 aliphatic heterocycles. The number of benzene rings is 3. The van der Waals surface area contributed by atoms with Gasteiger partial charge in [-0.15, -0.1) is 0 Å². The molecule has 0 unspecified atom stereocenters. The van der Waals surface area contributed by atoms with Crippen molar-refractivity contribution < 1.29 is 34.4 Å². The van der Waals surface area contributed by atoms with Crippen LogP contribution in [0, 0.1) is 0 Å². The lowest BCUT2D eigenvalue weighted by Gasteiger charge is -2.10. The standard InChI is InChI=1S/C20H14O7/c21-12-1-6-15(7-2-12)26-19(24)17-10-5-14(23)11-18(17)20(25)27-16-8-3-13(22)4-9-16/h1-11,21-23H. The highest BCUT2D eigenvalue weighted by Gasteiger charge is 2.21. The molecular weight excluding hydrogens is 352 g/mol. The van der Waals surface area contributed by atoms with E-state index >= 15 is 0 Å². The molecule has 0 fully saturated rings. The van der Waals surface area contributed by atoms with Crippen molar-refractivity contribution in [1.82, 2.24) is 0 Å². The Morgan fingerprint density at radius 1 is 0.556 bits per heavy atom. The van der Waals surface area contributed by atoms with Gasteiger partial charge in [-0.2, -0.15) is 0 Å². The van der Waals surface area contributed by atoms with Gasteiger partial charge in [-0.3, -0.25) is 0 Å². The molecule has 7 heteroatoms. The molecule has 0 bridgehead atoms. The van der Waals surface area contributed by atoms with Gasteiger partial charge in [-0.05, 0) is 66.7 Å². The van der Waals surface area contributed by atoms with Gasteiger partial charge in [0.05, 0.1) is 11.1 Å². The van der Waals surface area contributed by atoms with E-state index in [4.69, 9.17) is 9.47 Å². The molecule has 27 heavy (non-hydrogen) atoms. The molecule has 0 saturated heterocycles. The summed E-state index contributed by atoms with van der Waals surface area (Å²) in [6.45, 7) is 0. The van der Waals surface area contributed by atoms with Crippen LogP contribution in [0.3, 0.4) is 0 Å². The normalized spacial score (nSPS) is 10.2. The first-order chi connectivity index (χ1) is 12.9. The smallest absolute Gasteiger partial charge is 0.344 e. The highest BCUT2D eigenvalue weighted by atomic mass is 16.5. The van der Waals surface area contributed by atoms with Crippen molar-refractivity contribution in [2.75, 3.05) is 0 Å². The lowest BCUT2D eigenvalue weighted by Crippen LogP contribution is -2.17. The predicted molar refractivity (Wildman–Crippen MR) is 94.2 cm³/mol. The Morgan fingerprint density at radius 2 is 0.963 bits per heavy atom. The predicted octanol–water partition coefficient (Wildman–Crippen LogP) is 3.24. The maximum absolute atomic E-state index is 12.4. The van der Waals surface area contributed by atoms with E-state index in [1.54, 1.807) is 0 Å². The molecule has 3 aromatic rings. The molecule has 3 N–H and O–H groups in total. The fraction of sp³-hybridized carbons (Fsp3) is 0. The van der Waals surface area contributed by atoms with Crippen LogP contribution >= 0.6 is 0 Å². The zero-order chi connectivity index (χ0) is 19.4. The molecule has 0 aliphatic carbocycles. The Hall–Kier alpha value is -4.00. The maximum atomic E-state index is 12.4. The summed E-state index contributed by atoms with van der Waals surface area (Å²) >= 11 is 0. The quantitative estimate of drug-likeness (QED) is 0.480. The van der Waals surface area contributed by atoms with E-state index in [0.717, 1.165) is 6.07 Å². The minimum absolute atomic E-state index is 0.00493. The third kappa shape index (κ3) is 4.35. The van der Waals surface area contributed by atoms with Crippen LogP contribution < -0.4 is 9.47 Å². The summed E-state index contributed by atoms with van der Waals surface area (Å²) < 4.78 is 10.3. The number of rotatable bonds is 4. The lowest BCUT2D eigenvalue weighted by molar-refractivity contribution is 0.0691. The van der Waals surface area contributed by atoms with Crippen molar-refractivity contribution in [3.63, 3.8) is 0 Å². The number of hydrogen-bond acceptors (Lipinski definition) is 7. The minimum Gasteiger partial charge on any atom is -0.508 e. The van der Waals surface area contributed by atoms with Crippen LogP contribution in [-0.2, 0) is 0 Å². The Bertz CT molecular complexity index is 976. The van der Waals surface area contributed by atoms with Gasteiger partial charge in [-0.25, -0.2) is 9.59 Å². The summed E-state index contributed by atoms with van der Waals surface area (Å²) in [6, 6.07) is 14.5. The summed E-state index contributed by atoms with van der Waals surface area (Å²) in [5.74, 6) is -1.60. The molecule has 0 aromatic heterocycles. The van der Waals surface area contributed by atoms with Crippen molar-refractivity contribution >= 4 is 11.9 Å². The van der Waals surface area contributed by atoms with Crippen LogP contribution in [0.15, 0.2) is 66.7 Å². The van der Waals surface area contributed by atoms with Crippen molar-refractivity contribution in [3.05, 3.63) is 77.9 Å². The first kappa shape index (κ1) is 17.8. The number of carbonyl (C=O) groups is 2. The van der Waals surface area contributed by atoms with Crippen molar-refractivity contribution in [2.45, 2.75) is 0 Å². The molecule has 0 heterocycles. The molecule has 3 aromatic carbocycles. The minimum atomic E-state index is -0.880. The fourth-order valence-corrected chi connectivity index (χ4v) is 2.23. The average molecular weight is 366 g/mol. The molecule has 3 rings (SSSR count). The van der Waals surface area contributed by atoms with Crippen LogP contribution in [0.25, 0.3) is 0 Å². The zero-order valence-electron chi connectivity index (χ0n) is 13.8. The Kier molecular flexibility index (Phi) is 4.94. The van der Waals surface area contributed by atoms with Crippen molar-refractivity contribution in [2.24, 2.45) is 0 Å². The van der Waals surface area contributed by atoms with E-state index in [9.17, 15) is 24.9 Å². The van der Waals surface area contributed by atoms with Crippen LogP contribution in [0.1, 0.15) is 20.7 Å². The number of phenolic OH excluding ortho intramolecular Hbond substituents is 3. The zero-order valence-corrected chi connectivity index (χ0v) is 13.8. The van der Waals surface area contributed by atoms with Crippen molar-refractivity contribution in [3.8, 4) is 28.7 Å². The van der Waals surface area contributed by atoms with Crippen LogP contribution in [-0.4, -0.2) is 27.3 Å². The van der Waals surface area contributed by atoms with Crippen LogP contribution in [0.2, 0.25) is 0 Å². The first-order valence-electron chi connectivity index (χ1n) is 7.78. The number of ether oxygens (including phenoxy) is 2. The number of phenols is 3. The van der Waals surface area contributed by atoms with E-state index in [1.165, 1.54) is 60.7 Å². The Balaban J connectivity index is 1.85. The van der Waals surface area contributed by atoms with E-state index in [1.807, 2.05) is 0 Å². The summed E-state index contributed by atoms with van der Waals surface area (Å²) in [7, 11) is 0. The summed E-state index contributed by atoms with van der Waals surface area (Å²) in [4.78, 5) is 24.9. The lowest BCUT2D eigenvalue weighted by atomic mass is 10.1. The number of esters is 2. The fourth-order valence-electron chi connectivity index (χ4n) is 2.23. The highest BCUT2D eigenvalue weighted by molar-refractivity contribution is 6.04. The Labute approximate surface area is 153 Å². The van der Waals surface area contributed by atoms with Crippen LogP contribution in [0.4, 0.5) is 0 Å². The third-order valence-corrected chi connectivity index (χ3v) is 3.54. The average Bonchev–Trinajstić information content (AvgIpc) is 2.65. The van der Waals surface area contributed by atoms with Gasteiger partial charge in [0, 0.05) is 0 Å². The summed E-state index contributed by atoms with van der Waals surface area (Å²) in [6.07, 6.45) is 0. The van der Waals surface area contributed by atoms with E-state index in [2.05, 4.69) is 0 Å². The molecular formula is C20H14O7. The van der Waals surface area contributed by atoms with Gasteiger partial charge in [-0.1, -0.05) is 0 Å². The van der Waals surface area contributed by atoms with Crippen LogP contribution in [0.5, 0.6) is 28.7 Å². The topological polar surface area (TPSA) is 113 Å². The molecule has 0 aliphatic rings. The van der Waals surface area contributed by atoms with Crippen molar-refractivity contribution in [1.29, 1.82) is 0 Å². The third-order valence-electron chi connectivity index (χ3n) is 3.54. The molecule has 7 nitrogen and oxygen atoms in total. The van der Waals surface area contributed by atoms with E-state index in [-0.39, 0.29) is 39.9 Å². The SMILES string of the molecule is O=C(Oc1ccc(O)cc1)c1ccc(O)cc1C(=O)Oc1ccc(O)cc1. The summed E-state index contributed by atoms with van der Waals surface area (Å²) in [5, 5.41) is 28.2. The maximum Gasteiger partial charge on any atom is 0.344 e. The second kappa shape index (κ2) is 7.49. The number of hydrogen-bond donors (Lipinski definition) is 3. The second-order valence-corrected chi connectivity index (χ2v) is 5.50. The second-order valence-electron chi connectivity index (χ2n) is 5.50. The van der Waals surface area contributed by atoms with Gasteiger partial charge in [0.2, 0.25) is 0 Å².